The van der Waals surface area contributed by atoms with Gasteiger partial charge in [0.2, 0.25) is 0 Å². The van der Waals surface area contributed by atoms with Crippen molar-refractivity contribution < 1.29 is 0 Å². The molecule has 1 heterocycles. The lowest BCUT2D eigenvalue weighted by molar-refractivity contribution is 0.349. The Balaban J connectivity index is 2.77. The summed E-state index contributed by atoms with van der Waals surface area (Å²) in [6.07, 6.45) is 2.12. The van der Waals surface area contributed by atoms with Crippen LogP contribution >= 0.6 is 11.5 Å². The van der Waals surface area contributed by atoms with E-state index in [-0.39, 0.29) is 11.5 Å². The average molecular weight is 255 g/mol. The molecule has 0 aromatic carbocycles. The summed E-state index contributed by atoms with van der Waals surface area (Å²) in [4.78, 5) is 1.15. The normalized spacial score (nSPS) is 15.0. The number of nitrogens with two attached hydrogens (primary N) is 1. The maximum atomic E-state index is 6.27. The van der Waals surface area contributed by atoms with Crippen LogP contribution in [0.3, 0.4) is 0 Å². The van der Waals surface area contributed by atoms with E-state index in [4.69, 9.17) is 5.73 Å². The van der Waals surface area contributed by atoms with Gasteiger partial charge in [-0.3, -0.25) is 0 Å². The Morgan fingerprint density at radius 2 is 1.76 bits per heavy atom. The van der Waals surface area contributed by atoms with E-state index >= 15 is 0 Å². The lowest BCUT2D eigenvalue weighted by atomic mass is 9.86. The molecular weight excluding hydrogens is 230 g/mol. The van der Waals surface area contributed by atoms with Gasteiger partial charge in [0.15, 0.2) is 0 Å². The highest BCUT2D eigenvalue weighted by atomic mass is 32.1. The van der Waals surface area contributed by atoms with E-state index in [1.54, 1.807) is 0 Å². The number of rotatable bonds is 3. The van der Waals surface area contributed by atoms with Crippen molar-refractivity contribution in [3.8, 4) is 0 Å². The first-order chi connectivity index (χ1) is 7.61. The first-order valence-corrected chi connectivity index (χ1v) is 6.97. The molecule has 0 fully saturated rings. The maximum Gasteiger partial charge on any atom is 0.0856 e. The van der Waals surface area contributed by atoms with Crippen LogP contribution in [-0.4, -0.2) is 9.59 Å². The monoisotopic (exact) mass is 255 g/mol. The van der Waals surface area contributed by atoms with Gasteiger partial charge in [0.1, 0.15) is 0 Å². The smallest absolute Gasteiger partial charge is 0.0856 e. The van der Waals surface area contributed by atoms with Crippen LogP contribution in [0.2, 0.25) is 0 Å². The second kappa shape index (κ2) is 5.02. The highest BCUT2D eigenvalue weighted by Gasteiger charge is 2.26. The SMILES string of the molecule is CC(C)(C)CCC(N)c1snnc1C(C)(C)C. The maximum absolute atomic E-state index is 6.27. The largest absolute Gasteiger partial charge is 0.323 e. The molecule has 98 valence electrons. The van der Waals surface area contributed by atoms with E-state index < -0.39 is 0 Å². The summed E-state index contributed by atoms with van der Waals surface area (Å²) in [7, 11) is 0. The molecule has 2 N–H and O–H groups in total. The fraction of sp³-hybridized carbons (Fsp3) is 0.846. The molecule has 0 spiro atoms. The molecule has 1 aromatic heterocycles. The molecule has 0 amide bonds. The van der Waals surface area contributed by atoms with Gasteiger partial charge < -0.3 is 5.73 Å². The molecule has 0 saturated carbocycles. The predicted octanol–water partition coefficient (Wildman–Crippen LogP) is 3.66. The van der Waals surface area contributed by atoms with Gasteiger partial charge in [-0.2, -0.15) is 0 Å². The zero-order valence-electron chi connectivity index (χ0n) is 11.9. The standard InChI is InChI=1S/C13H25N3S/c1-12(2,3)8-7-9(14)10-11(13(4,5)6)15-16-17-10/h9H,7-8,14H2,1-6H3. The van der Waals surface area contributed by atoms with E-state index in [1.807, 2.05) is 0 Å². The lowest BCUT2D eigenvalue weighted by Crippen LogP contribution is -2.20. The van der Waals surface area contributed by atoms with Crippen LogP contribution in [0.15, 0.2) is 0 Å². The lowest BCUT2D eigenvalue weighted by Gasteiger charge is -2.22. The van der Waals surface area contributed by atoms with E-state index in [9.17, 15) is 0 Å². The molecule has 17 heavy (non-hydrogen) atoms. The third-order valence-corrected chi connectivity index (χ3v) is 3.62. The second-order valence-electron chi connectivity index (χ2n) is 6.94. The van der Waals surface area contributed by atoms with Gasteiger partial charge >= 0.3 is 0 Å². The first-order valence-electron chi connectivity index (χ1n) is 6.19. The molecule has 0 radical (unpaired) electrons. The molecule has 0 aliphatic heterocycles. The minimum Gasteiger partial charge on any atom is -0.323 e. The van der Waals surface area contributed by atoms with Gasteiger partial charge in [-0.05, 0) is 29.8 Å². The zero-order chi connectivity index (χ0) is 13.3. The van der Waals surface area contributed by atoms with Crippen LogP contribution in [-0.2, 0) is 5.41 Å². The van der Waals surface area contributed by atoms with Gasteiger partial charge in [-0.25, -0.2) is 0 Å². The van der Waals surface area contributed by atoms with Crippen LogP contribution in [0, 0.1) is 5.41 Å². The van der Waals surface area contributed by atoms with Crippen molar-refractivity contribution in [1.29, 1.82) is 0 Å². The highest BCUT2D eigenvalue weighted by Crippen LogP contribution is 2.33. The number of hydrogen-bond acceptors (Lipinski definition) is 4. The fourth-order valence-electron chi connectivity index (χ4n) is 1.68. The molecule has 0 saturated heterocycles. The Hall–Kier alpha value is -0.480. The van der Waals surface area contributed by atoms with Gasteiger partial charge in [-0.15, -0.1) is 5.10 Å². The van der Waals surface area contributed by atoms with Crippen LogP contribution < -0.4 is 5.73 Å². The number of nitrogens with zero attached hydrogens (tertiary/aromatic N) is 2. The van der Waals surface area contributed by atoms with Crippen LogP contribution in [0.5, 0.6) is 0 Å². The number of hydrogen-bond donors (Lipinski definition) is 1. The molecule has 0 bridgehead atoms. The Morgan fingerprint density at radius 3 is 2.24 bits per heavy atom. The first kappa shape index (κ1) is 14.6. The molecule has 0 aliphatic rings. The summed E-state index contributed by atoms with van der Waals surface area (Å²) in [5, 5.41) is 4.24. The van der Waals surface area contributed by atoms with Gasteiger partial charge in [0.05, 0.1) is 10.6 Å². The third kappa shape index (κ3) is 4.36. The summed E-state index contributed by atoms with van der Waals surface area (Å²) in [6, 6.07) is 0.0726. The predicted molar refractivity (Wildman–Crippen MR) is 74.2 cm³/mol. The van der Waals surface area contributed by atoms with E-state index in [0.717, 1.165) is 23.4 Å². The topological polar surface area (TPSA) is 51.8 Å². The van der Waals surface area contributed by atoms with Crippen LogP contribution in [0.4, 0.5) is 0 Å². The number of aromatic nitrogens is 2. The van der Waals surface area contributed by atoms with Crippen molar-refractivity contribution in [3.05, 3.63) is 10.6 Å². The Labute approximate surface area is 109 Å². The summed E-state index contributed by atoms with van der Waals surface area (Å²) in [5.74, 6) is 0. The summed E-state index contributed by atoms with van der Waals surface area (Å²) >= 11 is 1.45. The minimum absolute atomic E-state index is 0.0295. The van der Waals surface area contributed by atoms with Crippen LogP contribution in [0.1, 0.15) is 71.0 Å². The molecule has 1 atom stereocenters. The Morgan fingerprint density at radius 1 is 1.18 bits per heavy atom. The molecule has 1 rings (SSSR count). The third-order valence-electron chi connectivity index (χ3n) is 2.77. The molecular formula is C13H25N3S. The van der Waals surface area contributed by atoms with E-state index in [2.05, 4.69) is 51.1 Å². The minimum atomic E-state index is 0.0295. The Bertz CT molecular complexity index is 357. The summed E-state index contributed by atoms with van der Waals surface area (Å²) in [6.45, 7) is 13.2. The van der Waals surface area contributed by atoms with Gasteiger partial charge in [0, 0.05) is 11.5 Å². The molecule has 0 aliphatic carbocycles. The second-order valence-corrected chi connectivity index (χ2v) is 7.73. The van der Waals surface area contributed by atoms with Crippen molar-refractivity contribution in [2.24, 2.45) is 11.1 Å². The molecule has 3 nitrogen and oxygen atoms in total. The summed E-state index contributed by atoms with van der Waals surface area (Å²) in [5.41, 5.74) is 7.69. The quantitative estimate of drug-likeness (QED) is 0.896. The van der Waals surface area contributed by atoms with Crippen molar-refractivity contribution in [2.75, 3.05) is 0 Å². The van der Waals surface area contributed by atoms with Crippen molar-refractivity contribution >= 4 is 11.5 Å². The zero-order valence-corrected chi connectivity index (χ0v) is 12.7. The van der Waals surface area contributed by atoms with Crippen molar-refractivity contribution in [2.45, 2.75) is 65.8 Å². The van der Waals surface area contributed by atoms with Crippen molar-refractivity contribution in [1.82, 2.24) is 9.59 Å². The van der Waals surface area contributed by atoms with E-state index in [1.165, 1.54) is 11.5 Å². The van der Waals surface area contributed by atoms with Crippen molar-refractivity contribution in [3.63, 3.8) is 0 Å². The molecule has 1 unspecified atom stereocenters. The molecule has 1 aromatic rings. The fourth-order valence-corrected chi connectivity index (χ4v) is 2.58. The molecule has 4 heteroatoms. The average Bonchev–Trinajstić information content (AvgIpc) is 2.60. The highest BCUT2D eigenvalue weighted by molar-refractivity contribution is 7.05. The summed E-state index contributed by atoms with van der Waals surface area (Å²) < 4.78 is 4.07. The van der Waals surface area contributed by atoms with Crippen LogP contribution in [0.25, 0.3) is 0 Å². The van der Waals surface area contributed by atoms with E-state index in [0.29, 0.717) is 5.41 Å². The van der Waals surface area contributed by atoms with Gasteiger partial charge in [0.25, 0.3) is 0 Å². The Kier molecular flexibility index (Phi) is 4.31. The van der Waals surface area contributed by atoms with Gasteiger partial charge in [-0.1, -0.05) is 46.0 Å².